The predicted octanol–water partition coefficient (Wildman–Crippen LogP) is 3.08. The van der Waals surface area contributed by atoms with E-state index in [1.54, 1.807) is 41.1 Å². The van der Waals surface area contributed by atoms with Gasteiger partial charge in [0.1, 0.15) is 5.82 Å². The molecule has 102 valence electrons. The molecular formula is C15H10FN5. The van der Waals surface area contributed by atoms with Crippen molar-refractivity contribution >= 4 is 5.69 Å². The largest absolute Gasteiger partial charge is 0.238 e. The van der Waals surface area contributed by atoms with Crippen LogP contribution in [0.2, 0.25) is 0 Å². The summed E-state index contributed by atoms with van der Waals surface area (Å²) in [6.45, 7) is 7.40. The lowest BCUT2D eigenvalue weighted by molar-refractivity contribution is 0.622. The maximum atomic E-state index is 12.9. The smallest absolute Gasteiger partial charge is 0.187 e. The van der Waals surface area contributed by atoms with Crippen molar-refractivity contribution in [2.24, 2.45) is 0 Å². The molecule has 0 amide bonds. The number of rotatable bonds is 3. The minimum atomic E-state index is -0.273. The molecule has 0 aliphatic heterocycles. The number of hydrogen-bond donors (Lipinski definition) is 0. The molecule has 0 spiro atoms. The van der Waals surface area contributed by atoms with Gasteiger partial charge in [0, 0.05) is 5.56 Å². The lowest BCUT2D eigenvalue weighted by Gasteiger charge is -2.05. The van der Waals surface area contributed by atoms with Gasteiger partial charge in [-0.05, 0) is 28.1 Å². The Labute approximate surface area is 120 Å². The standard InChI is InChI=1S/C15H10FN5/c1-17-14-8-4-12(5-9-14)15-18-19-20-21(15)10-11-2-6-13(16)7-3-11/h2-9H,10H2. The van der Waals surface area contributed by atoms with E-state index in [1.807, 2.05) is 0 Å². The van der Waals surface area contributed by atoms with Gasteiger partial charge in [-0.1, -0.05) is 36.4 Å². The van der Waals surface area contributed by atoms with E-state index in [0.717, 1.165) is 11.1 Å². The van der Waals surface area contributed by atoms with Crippen LogP contribution in [-0.4, -0.2) is 20.2 Å². The first kappa shape index (κ1) is 12.9. The third kappa shape index (κ3) is 2.77. The normalized spacial score (nSPS) is 10.3. The van der Waals surface area contributed by atoms with Crippen LogP contribution in [0.15, 0.2) is 48.5 Å². The first-order valence-electron chi connectivity index (χ1n) is 6.25. The summed E-state index contributed by atoms with van der Waals surface area (Å²) in [4.78, 5) is 3.35. The highest BCUT2D eigenvalue weighted by atomic mass is 19.1. The number of hydrogen-bond acceptors (Lipinski definition) is 3. The average Bonchev–Trinajstić information content (AvgIpc) is 2.98. The quantitative estimate of drug-likeness (QED) is 0.692. The van der Waals surface area contributed by atoms with Crippen LogP contribution in [0.5, 0.6) is 0 Å². The van der Waals surface area contributed by atoms with E-state index in [2.05, 4.69) is 20.4 Å². The van der Waals surface area contributed by atoms with Crippen molar-refractivity contribution in [2.75, 3.05) is 0 Å². The molecule has 0 fully saturated rings. The van der Waals surface area contributed by atoms with Crippen molar-refractivity contribution in [1.29, 1.82) is 0 Å². The molecule has 21 heavy (non-hydrogen) atoms. The lowest BCUT2D eigenvalue weighted by Crippen LogP contribution is -2.04. The minimum absolute atomic E-state index is 0.273. The SMILES string of the molecule is [C-]#[N+]c1ccc(-c2nnnn2Cc2ccc(F)cc2)cc1. The van der Waals surface area contributed by atoms with Gasteiger partial charge in [-0.15, -0.1) is 5.10 Å². The van der Waals surface area contributed by atoms with Gasteiger partial charge in [0.15, 0.2) is 11.5 Å². The Kier molecular flexibility index (Phi) is 3.39. The second-order valence-corrected chi connectivity index (χ2v) is 4.45. The van der Waals surface area contributed by atoms with Gasteiger partial charge in [0.05, 0.1) is 13.1 Å². The topological polar surface area (TPSA) is 48.0 Å². The molecule has 2 aromatic carbocycles. The minimum Gasteiger partial charge on any atom is -0.238 e. The van der Waals surface area contributed by atoms with Crippen molar-refractivity contribution < 1.29 is 4.39 Å². The number of benzene rings is 2. The molecule has 0 N–H and O–H groups in total. The fraction of sp³-hybridized carbons (Fsp3) is 0.0667. The highest BCUT2D eigenvalue weighted by Crippen LogP contribution is 2.20. The molecule has 0 aliphatic rings. The average molecular weight is 279 g/mol. The zero-order chi connectivity index (χ0) is 14.7. The monoisotopic (exact) mass is 279 g/mol. The van der Waals surface area contributed by atoms with E-state index < -0.39 is 0 Å². The summed E-state index contributed by atoms with van der Waals surface area (Å²) >= 11 is 0. The Hall–Kier alpha value is -3.07. The summed E-state index contributed by atoms with van der Waals surface area (Å²) in [7, 11) is 0. The summed E-state index contributed by atoms with van der Waals surface area (Å²) < 4.78 is 14.5. The zero-order valence-electron chi connectivity index (χ0n) is 10.9. The summed E-state index contributed by atoms with van der Waals surface area (Å²) in [6.07, 6.45) is 0. The second-order valence-electron chi connectivity index (χ2n) is 4.45. The van der Waals surface area contributed by atoms with Crippen LogP contribution in [0.4, 0.5) is 10.1 Å². The van der Waals surface area contributed by atoms with Crippen LogP contribution in [0.3, 0.4) is 0 Å². The second kappa shape index (κ2) is 5.51. The Balaban J connectivity index is 1.89. The first-order valence-corrected chi connectivity index (χ1v) is 6.25. The maximum Gasteiger partial charge on any atom is 0.187 e. The summed E-state index contributed by atoms with van der Waals surface area (Å²) in [5.41, 5.74) is 2.30. The molecule has 1 heterocycles. The lowest BCUT2D eigenvalue weighted by atomic mass is 10.2. The van der Waals surface area contributed by atoms with Crippen molar-refractivity contribution in [1.82, 2.24) is 20.2 Å². The van der Waals surface area contributed by atoms with Crippen LogP contribution < -0.4 is 0 Å². The van der Waals surface area contributed by atoms with E-state index >= 15 is 0 Å². The maximum absolute atomic E-state index is 12.9. The fourth-order valence-corrected chi connectivity index (χ4v) is 1.97. The van der Waals surface area contributed by atoms with Gasteiger partial charge < -0.3 is 0 Å². The first-order chi connectivity index (χ1) is 10.3. The van der Waals surface area contributed by atoms with Gasteiger partial charge in [0.25, 0.3) is 0 Å². The van der Waals surface area contributed by atoms with Gasteiger partial charge in [-0.3, -0.25) is 0 Å². The van der Waals surface area contributed by atoms with Crippen molar-refractivity contribution in [3.8, 4) is 11.4 Å². The third-order valence-corrected chi connectivity index (χ3v) is 3.03. The molecule has 0 aliphatic carbocycles. The fourth-order valence-electron chi connectivity index (χ4n) is 1.97. The molecule has 0 saturated carbocycles. The van der Waals surface area contributed by atoms with Crippen LogP contribution in [0.25, 0.3) is 16.2 Å². The molecule has 0 unspecified atom stereocenters. The number of aromatic nitrogens is 4. The predicted molar refractivity (Wildman–Crippen MR) is 75.0 cm³/mol. The Morgan fingerprint density at radius 2 is 1.76 bits per heavy atom. The van der Waals surface area contributed by atoms with Crippen LogP contribution >= 0.6 is 0 Å². The Morgan fingerprint density at radius 1 is 1.05 bits per heavy atom. The van der Waals surface area contributed by atoms with Crippen LogP contribution in [-0.2, 0) is 6.54 Å². The van der Waals surface area contributed by atoms with Crippen LogP contribution in [0.1, 0.15) is 5.56 Å². The number of tetrazole rings is 1. The van der Waals surface area contributed by atoms with E-state index in [9.17, 15) is 4.39 Å². The molecule has 0 bridgehead atoms. The molecule has 0 saturated heterocycles. The summed E-state index contributed by atoms with van der Waals surface area (Å²) in [6, 6.07) is 13.3. The summed E-state index contributed by atoms with van der Waals surface area (Å²) in [5.74, 6) is 0.335. The Bertz CT molecular complexity index is 784. The molecule has 3 rings (SSSR count). The van der Waals surface area contributed by atoms with Crippen LogP contribution in [0, 0.1) is 12.4 Å². The highest BCUT2D eigenvalue weighted by Gasteiger charge is 2.09. The molecular weight excluding hydrogens is 269 g/mol. The molecule has 5 nitrogen and oxygen atoms in total. The van der Waals surface area contributed by atoms with E-state index in [0.29, 0.717) is 18.1 Å². The highest BCUT2D eigenvalue weighted by molar-refractivity contribution is 5.59. The van der Waals surface area contributed by atoms with Gasteiger partial charge >= 0.3 is 0 Å². The van der Waals surface area contributed by atoms with E-state index in [1.165, 1.54) is 12.1 Å². The molecule has 6 heteroatoms. The molecule has 0 radical (unpaired) electrons. The number of halogens is 1. The van der Waals surface area contributed by atoms with E-state index in [-0.39, 0.29) is 5.82 Å². The van der Waals surface area contributed by atoms with E-state index in [4.69, 9.17) is 6.57 Å². The number of nitrogens with zero attached hydrogens (tertiary/aromatic N) is 5. The van der Waals surface area contributed by atoms with Crippen molar-refractivity contribution in [3.05, 3.63) is 71.3 Å². The molecule has 3 aromatic rings. The third-order valence-electron chi connectivity index (χ3n) is 3.03. The summed E-state index contributed by atoms with van der Waals surface area (Å²) in [5, 5.41) is 11.6. The van der Waals surface area contributed by atoms with Gasteiger partial charge in [-0.2, -0.15) is 0 Å². The zero-order valence-corrected chi connectivity index (χ0v) is 10.9. The van der Waals surface area contributed by atoms with Gasteiger partial charge in [0.2, 0.25) is 0 Å². The van der Waals surface area contributed by atoms with Crippen molar-refractivity contribution in [2.45, 2.75) is 6.54 Å². The van der Waals surface area contributed by atoms with Gasteiger partial charge in [-0.25, -0.2) is 13.9 Å². The molecule has 0 atom stereocenters. The molecule has 1 aromatic heterocycles. The Morgan fingerprint density at radius 3 is 2.43 bits per heavy atom. The van der Waals surface area contributed by atoms with Crippen molar-refractivity contribution in [3.63, 3.8) is 0 Å².